The van der Waals surface area contributed by atoms with Gasteiger partial charge in [-0.15, -0.1) is 0 Å². The molecule has 1 aromatic heterocycles. The topological polar surface area (TPSA) is 85.4 Å². The van der Waals surface area contributed by atoms with Crippen molar-refractivity contribution in [3.05, 3.63) is 65.3 Å². The fraction of sp³-hybridized carbons (Fsp3) is 0.211. The van der Waals surface area contributed by atoms with Crippen LogP contribution in [0.2, 0.25) is 5.02 Å². The van der Waals surface area contributed by atoms with Gasteiger partial charge in [-0.1, -0.05) is 29.8 Å². The molecule has 0 bridgehead atoms. The van der Waals surface area contributed by atoms with E-state index in [4.69, 9.17) is 16.7 Å². The minimum absolute atomic E-state index is 0.0266. The Morgan fingerprint density at radius 1 is 1.22 bits per heavy atom. The third-order valence-electron chi connectivity index (χ3n) is 4.68. The first-order valence-corrected chi connectivity index (χ1v) is 10.2. The summed E-state index contributed by atoms with van der Waals surface area (Å²) in [5.41, 5.74) is 1.57. The SMILES string of the molecule is CC(c1cccc(S(N)(=O)=O)c1)N(C)C(=O)Cn1ccc2ccc(Cl)cc21. The molecule has 2 N–H and O–H groups in total. The third kappa shape index (κ3) is 4.16. The van der Waals surface area contributed by atoms with Crippen LogP contribution in [0.25, 0.3) is 10.9 Å². The molecule has 1 atom stereocenters. The van der Waals surface area contributed by atoms with Crippen molar-refractivity contribution in [3.8, 4) is 0 Å². The van der Waals surface area contributed by atoms with E-state index in [2.05, 4.69) is 0 Å². The second-order valence-electron chi connectivity index (χ2n) is 6.44. The zero-order valence-corrected chi connectivity index (χ0v) is 16.5. The fourth-order valence-corrected chi connectivity index (χ4v) is 3.68. The van der Waals surface area contributed by atoms with Gasteiger partial charge in [0.25, 0.3) is 0 Å². The van der Waals surface area contributed by atoms with Crippen molar-refractivity contribution < 1.29 is 13.2 Å². The summed E-state index contributed by atoms with van der Waals surface area (Å²) in [5, 5.41) is 6.81. The summed E-state index contributed by atoms with van der Waals surface area (Å²) in [6.45, 7) is 1.99. The molecule has 0 fully saturated rings. The number of benzene rings is 2. The van der Waals surface area contributed by atoms with Crippen LogP contribution in [0.15, 0.2) is 59.6 Å². The van der Waals surface area contributed by atoms with Crippen molar-refractivity contribution in [1.82, 2.24) is 9.47 Å². The Bertz CT molecular complexity index is 1110. The van der Waals surface area contributed by atoms with Gasteiger partial charge in [0.1, 0.15) is 6.54 Å². The first-order valence-electron chi connectivity index (χ1n) is 8.29. The maximum atomic E-state index is 12.8. The number of nitrogens with zero attached hydrogens (tertiary/aromatic N) is 2. The van der Waals surface area contributed by atoms with E-state index in [0.717, 1.165) is 10.9 Å². The zero-order valence-electron chi connectivity index (χ0n) is 15.0. The van der Waals surface area contributed by atoms with Crippen LogP contribution in [0, 0.1) is 0 Å². The van der Waals surface area contributed by atoms with Gasteiger partial charge in [-0.05, 0) is 48.2 Å². The van der Waals surface area contributed by atoms with Gasteiger partial charge in [-0.3, -0.25) is 4.79 Å². The molecule has 1 amide bonds. The van der Waals surface area contributed by atoms with Crippen LogP contribution in [-0.4, -0.2) is 30.8 Å². The van der Waals surface area contributed by atoms with Crippen LogP contribution in [0.4, 0.5) is 0 Å². The Morgan fingerprint density at radius 3 is 2.67 bits per heavy atom. The van der Waals surface area contributed by atoms with E-state index in [9.17, 15) is 13.2 Å². The van der Waals surface area contributed by atoms with Gasteiger partial charge < -0.3 is 9.47 Å². The smallest absolute Gasteiger partial charge is 0.242 e. The van der Waals surface area contributed by atoms with E-state index in [1.165, 1.54) is 12.1 Å². The number of hydrogen-bond acceptors (Lipinski definition) is 3. The van der Waals surface area contributed by atoms with Crippen molar-refractivity contribution in [2.75, 3.05) is 7.05 Å². The molecule has 27 heavy (non-hydrogen) atoms. The number of aromatic nitrogens is 1. The van der Waals surface area contributed by atoms with Crippen molar-refractivity contribution >= 4 is 38.4 Å². The van der Waals surface area contributed by atoms with Gasteiger partial charge in [0, 0.05) is 23.8 Å². The molecule has 1 heterocycles. The zero-order chi connectivity index (χ0) is 19.8. The van der Waals surface area contributed by atoms with Crippen molar-refractivity contribution in [3.63, 3.8) is 0 Å². The second-order valence-corrected chi connectivity index (χ2v) is 8.44. The number of primary sulfonamides is 1. The molecule has 142 valence electrons. The monoisotopic (exact) mass is 405 g/mol. The number of halogens is 1. The molecule has 3 rings (SSSR count). The van der Waals surface area contributed by atoms with E-state index in [0.29, 0.717) is 10.6 Å². The van der Waals surface area contributed by atoms with E-state index >= 15 is 0 Å². The number of nitrogens with two attached hydrogens (primary N) is 1. The summed E-state index contributed by atoms with van der Waals surface area (Å²) in [6, 6.07) is 13.5. The molecule has 0 aliphatic heterocycles. The highest BCUT2D eigenvalue weighted by molar-refractivity contribution is 7.89. The summed E-state index contributed by atoms with van der Waals surface area (Å²) in [6.07, 6.45) is 1.85. The highest BCUT2D eigenvalue weighted by Crippen LogP contribution is 2.23. The van der Waals surface area contributed by atoms with E-state index in [1.807, 2.05) is 42.0 Å². The van der Waals surface area contributed by atoms with Crippen LogP contribution < -0.4 is 5.14 Å². The summed E-state index contributed by atoms with van der Waals surface area (Å²) >= 11 is 6.06. The molecule has 3 aromatic rings. The maximum absolute atomic E-state index is 12.8. The summed E-state index contributed by atoms with van der Waals surface area (Å²) in [4.78, 5) is 14.4. The van der Waals surface area contributed by atoms with Crippen LogP contribution >= 0.6 is 11.6 Å². The Kier molecular flexibility index (Phi) is 5.28. The summed E-state index contributed by atoms with van der Waals surface area (Å²) in [7, 11) is -2.10. The molecule has 0 radical (unpaired) electrons. The quantitative estimate of drug-likeness (QED) is 0.707. The summed E-state index contributed by atoms with van der Waals surface area (Å²) in [5.74, 6) is -0.110. The van der Waals surface area contributed by atoms with Gasteiger partial charge >= 0.3 is 0 Å². The molecular formula is C19H20ClN3O3S. The molecule has 8 heteroatoms. The standard InChI is InChI=1S/C19H20ClN3O3S/c1-13(15-4-3-5-17(10-15)27(21,25)26)22(2)19(24)12-23-9-8-14-6-7-16(20)11-18(14)23/h3-11,13H,12H2,1-2H3,(H2,21,25,26). The van der Waals surface area contributed by atoms with Crippen LogP contribution in [0.3, 0.4) is 0 Å². The number of carbonyl (C=O) groups excluding carboxylic acids is 1. The molecule has 0 saturated heterocycles. The lowest BCUT2D eigenvalue weighted by molar-refractivity contribution is -0.132. The first-order chi connectivity index (χ1) is 12.7. The van der Waals surface area contributed by atoms with Crippen molar-refractivity contribution in [1.29, 1.82) is 0 Å². The number of hydrogen-bond donors (Lipinski definition) is 1. The minimum atomic E-state index is -3.79. The van der Waals surface area contributed by atoms with Crippen LogP contribution in [0.1, 0.15) is 18.5 Å². The number of carbonyl (C=O) groups is 1. The van der Waals surface area contributed by atoms with Crippen LogP contribution in [0.5, 0.6) is 0 Å². The Morgan fingerprint density at radius 2 is 1.96 bits per heavy atom. The fourth-order valence-electron chi connectivity index (χ4n) is 2.94. The lowest BCUT2D eigenvalue weighted by Crippen LogP contribution is -2.32. The Labute approximate surface area is 163 Å². The highest BCUT2D eigenvalue weighted by atomic mass is 35.5. The number of sulfonamides is 1. The van der Waals surface area contributed by atoms with Gasteiger partial charge in [-0.25, -0.2) is 13.6 Å². The Hall–Kier alpha value is -2.35. The number of likely N-dealkylation sites (N-methyl/N-ethyl adjacent to an activating group) is 1. The normalized spacial score (nSPS) is 12.9. The largest absolute Gasteiger partial charge is 0.338 e. The number of rotatable bonds is 5. The molecule has 6 nitrogen and oxygen atoms in total. The van der Waals surface area contributed by atoms with E-state index < -0.39 is 10.0 Å². The van der Waals surface area contributed by atoms with Crippen LogP contribution in [-0.2, 0) is 21.4 Å². The molecular weight excluding hydrogens is 386 g/mol. The molecule has 0 spiro atoms. The molecule has 0 saturated carbocycles. The van der Waals surface area contributed by atoms with Crippen molar-refractivity contribution in [2.24, 2.45) is 5.14 Å². The Balaban J connectivity index is 1.81. The number of fused-ring (bicyclic) bond motifs is 1. The molecule has 2 aromatic carbocycles. The highest BCUT2D eigenvalue weighted by Gasteiger charge is 2.20. The van der Waals surface area contributed by atoms with E-state index in [-0.39, 0.29) is 23.4 Å². The predicted octanol–water partition coefficient (Wildman–Crippen LogP) is 3.16. The maximum Gasteiger partial charge on any atom is 0.242 e. The molecule has 0 aliphatic rings. The third-order valence-corrected chi connectivity index (χ3v) is 5.83. The lowest BCUT2D eigenvalue weighted by atomic mass is 10.1. The molecule has 0 aliphatic carbocycles. The van der Waals surface area contributed by atoms with Gasteiger partial charge in [0.2, 0.25) is 15.9 Å². The average Bonchev–Trinajstić information content (AvgIpc) is 3.01. The predicted molar refractivity (Wildman–Crippen MR) is 106 cm³/mol. The van der Waals surface area contributed by atoms with Gasteiger partial charge in [0.05, 0.1) is 10.9 Å². The summed E-state index contributed by atoms with van der Waals surface area (Å²) < 4.78 is 25.0. The lowest BCUT2D eigenvalue weighted by Gasteiger charge is -2.26. The van der Waals surface area contributed by atoms with Gasteiger partial charge in [-0.2, -0.15) is 0 Å². The first kappa shape index (κ1) is 19.4. The number of amides is 1. The van der Waals surface area contributed by atoms with Gasteiger partial charge in [0.15, 0.2) is 0 Å². The van der Waals surface area contributed by atoms with Crippen molar-refractivity contribution in [2.45, 2.75) is 24.4 Å². The minimum Gasteiger partial charge on any atom is -0.338 e. The average molecular weight is 406 g/mol. The van der Waals surface area contributed by atoms with E-state index in [1.54, 1.807) is 24.1 Å². The second kappa shape index (κ2) is 7.34. The molecule has 1 unspecified atom stereocenters.